The Kier molecular flexibility index (Phi) is 4.30. The first kappa shape index (κ1) is 14.1. The molecular weight excluding hydrogens is 240 g/mol. The SMILES string of the molecule is CC[C@@H](NC(=O)c1cccn1C(C)C)C1CC(O)C1. The third-order valence-corrected chi connectivity index (χ3v) is 4.04. The molecule has 19 heavy (non-hydrogen) atoms. The zero-order chi connectivity index (χ0) is 14.0. The molecule has 1 aliphatic rings. The molecule has 1 amide bonds. The van der Waals surface area contributed by atoms with Gasteiger partial charge in [-0.15, -0.1) is 0 Å². The first-order valence-electron chi connectivity index (χ1n) is 7.18. The summed E-state index contributed by atoms with van der Waals surface area (Å²) in [6.07, 6.45) is 4.29. The van der Waals surface area contributed by atoms with Gasteiger partial charge in [-0.25, -0.2) is 0 Å². The van der Waals surface area contributed by atoms with E-state index in [1.54, 1.807) is 0 Å². The number of aliphatic hydroxyl groups is 1. The molecule has 0 bridgehead atoms. The van der Waals surface area contributed by atoms with Crippen LogP contribution in [0.1, 0.15) is 56.6 Å². The van der Waals surface area contributed by atoms with Crippen LogP contribution in [0.2, 0.25) is 0 Å². The fourth-order valence-electron chi connectivity index (χ4n) is 2.79. The maximum absolute atomic E-state index is 12.3. The number of carbonyl (C=O) groups excluding carboxylic acids is 1. The standard InChI is InChI=1S/C15H24N2O2/c1-4-13(11-8-12(18)9-11)16-15(19)14-6-5-7-17(14)10(2)3/h5-7,10-13,18H,4,8-9H2,1-3H3,(H,16,19)/t11?,12?,13-/m1/s1. The Labute approximate surface area is 114 Å². The molecule has 0 spiro atoms. The highest BCUT2D eigenvalue weighted by molar-refractivity contribution is 5.93. The monoisotopic (exact) mass is 264 g/mol. The van der Waals surface area contributed by atoms with Crippen molar-refractivity contribution in [3.05, 3.63) is 24.0 Å². The van der Waals surface area contributed by atoms with Crippen molar-refractivity contribution >= 4 is 5.91 Å². The summed E-state index contributed by atoms with van der Waals surface area (Å²) < 4.78 is 1.98. The number of carbonyl (C=O) groups is 1. The van der Waals surface area contributed by atoms with Crippen LogP contribution in [0.5, 0.6) is 0 Å². The molecular formula is C15H24N2O2. The van der Waals surface area contributed by atoms with Crippen molar-refractivity contribution in [1.82, 2.24) is 9.88 Å². The number of nitrogens with zero attached hydrogens (tertiary/aromatic N) is 1. The summed E-state index contributed by atoms with van der Waals surface area (Å²) in [7, 11) is 0. The highest BCUT2D eigenvalue weighted by Gasteiger charge is 2.34. The molecule has 1 aromatic heterocycles. The summed E-state index contributed by atoms with van der Waals surface area (Å²) in [5, 5.41) is 12.5. The molecule has 4 nitrogen and oxygen atoms in total. The van der Waals surface area contributed by atoms with Crippen molar-refractivity contribution in [1.29, 1.82) is 0 Å². The van der Waals surface area contributed by atoms with Crippen LogP contribution in [0.4, 0.5) is 0 Å². The lowest BCUT2D eigenvalue weighted by atomic mass is 9.76. The van der Waals surface area contributed by atoms with Gasteiger partial charge in [-0.3, -0.25) is 4.79 Å². The molecule has 0 unspecified atom stereocenters. The average molecular weight is 264 g/mol. The van der Waals surface area contributed by atoms with E-state index < -0.39 is 0 Å². The van der Waals surface area contributed by atoms with Gasteiger partial charge < -0.3 is 15.0 Å². The van der Waals surface area contributed by atoms with Crippen molar-refractivity contribution in [2.24, 2.45) is 5.92 Å². The molecule has 1 heterocycles. The number of hydrogen-bond donors (Lipinski definition) is 2. The minimum atomic E-state index is -0.171. The average Bonchev–Trinajstić information content (AvgIpc) is 2.81. The highest BCUT2D eigenvalue weighted by Crippen LogP contribution is 2.31. The maximum atomic E-state index is 12.3. The van der Waals surface area contributed by atoms with Crippen molar-refractivity contribution in [2.45, 2.75) is 58.2 Å². The molecule has 1 fully saturated rings. The third-order valence-electron chi connectivity index (χ3n) is 4.04. The first-order chi connectivity index (χ1) is 9.02. The van der Waals surface area contributed by atoms with Gasteiger partial charge in [0.1, 0.15) is 5.69 Å². The summed E-state index contributed by atoms with van der Waals surface area (Å²) in [6, 6.07) is 4.22. The molecule has 2 N–H and O–H groups in total. The molecule has 1 atom stereocenters. The molecule has 0 aromatic carbocycles. The molecule has 1 saturated carbocycles. The van der Waals surface area contributed by atoms with Crippen LogP contribution in [0, 0.1) is 5.92 Å². The van der Waals surface area contributed by atoms with E-state index in [1.807, 2.05) is 22.9 Å². The van der Waals surface area contributed by atoms with E-state index in [-0.39, 0.29) is 24.1 Å². The number of amides is 1. The fourth-order valence-corrected chi connectivity index (χ4v) is 2.79. The second-order valence-corrected chi connectivity index (χ2v) is 5.77. The Morgan fingerprint density at radius 3 is 2.74 bits per heavy atom. The van der Waals surface area contributed by atoms with Gasteiger partial charge in [0.15, 0.2) is 0 Å². The van der Waals surface area contributed by atoms with Crippen molar-refractivity contribution in [2.75, 3.05) is 0 Å². The zero-order valence-corrected chi connectivity index (χ0v) is 12.0. The van der Waals surface area contributed by atoms with E-state index in [0.29, 0.717) is 11.6 Å². The number of aromatic nitrogens is 1. The van der Waals surface area contributed by atoms with Gasteiger partial charge in [-0.05, 0) is 51.2 Å². The lowest BCUT2D eigenvalue weighted by molar-refractivity contribution is 0.0231. The number of aliphatic hydroxyl groups excluding tert-OH is 1. The largest absolute Gasteiger partial charge is 0.393 e. The smallest absolute Gasteiger partial charge is 0.268 e. The van der Waals surface area contributed by atoms with Gasteiger partial charge in [0.2, 0.25) is 0 Å². The Morgan fingerprint density at radius 2 is 2.21 bits per heavy atom. The molecule has 106 valence electrons. The summed E-state index contributed by atoms with van der Waals surface area (Å²) in [5.41, 5.74) is 0.716. The van der Waals surface area contributed by atoms with E-state index in [2.05, 4.69) is 26.1 Å². The van der Waals surface area contributed by atoms with Gasteiger partial charge in [-0.2, -0.15) is 0 Å². The molecule has 4 heteroatoms. The van der Waals surface area contributed by atoms with E-state index in [1.165, 1.54) is 0 Å². The van der Waals surface area contributed by atoms with Crippen LogP contribution in [-0.2, 0) is 0 Å². The Hall–Kier alpha value is -1.29. The van der Waals surface area contributed by atoms with Crippen molar-refractivity contribution in [3.63, 3.8) is 0 Å². The Balaban J connectivity index is 2.01. The van der Waals surface area contributed by atoms with Gasteiger partial charge in [0.05, 0.1) is 6.10 Å². The van der Waals surface area contributed by atoms with E-state index in [9.17, 15) is 9.90 Å². The van der Waals surface area contributed by atoms with E-state index in [0.717, 1.165) is 19.3 Å². The predicted octanol–water partition coefficient (Wildman–Crippen LogP) is 2.35. The lowest BCUT2D eigenvalue weighted by Crippen LogP contribution is -2.47. The Bertz CT molecular complexity index is 433. The molecule has 0 aliphatic heterocycles. The zero-order valence-electron chi connectivity index (χ0n) is 12.0. The fraction of sp³-hybridized carbons (Fsp3) is 0.667. The molecule has 0 saturated heterocycles. The number of nitrogens with one attached hydrogen (secondary N) is 1. The van der Waals surface area contributed by atoms with E-state index >= 15 is 0 Å². The molecule has 1 aromatic rings. The van der Waals surface area contributed by atoms with Gasteiger partial charge >= 0.3 is 0 Å². The molecule has 1 aliphatic carbocycles. The predicted molar refractivity (Wildman–Crippen MR) is 75.1 cm³/mol. The number of rotatable bonds is 5. The van der Waals surface area contributed by atoms with Gasteiger partial charge in [0.25, 0.3) is 5.91 Å². The van der Waals surface area contributed by atoms with Gasteiger partial charge in [-0.1, -0.05) is 6.92 Å². The summed E-state index contributed by atoms with van der Waals surface area (Å²) >= 11 is 0. The van der Waals surface area contributed by atoms with Crippen LogP contribution in [-0.4, -0.2) is 27.7 Å². The second kappa shape index (κ2) is 5.78. The minimum Gasteiger partial charge on any atom is -0.393 e. The van der Waals surface area contributed by atoms with Crippen LogP contribution in [0.15, 0.2) is 18.3 Å². The van der Waals surface area contributed by atoms with Gasteiger partial charge in [0, 0.05) is 18.3 Å². The molecule has 0 radical (unpaired) electrons. The Morgan fingerprint density at radius 1 is 1.53 bits per heavy atom. The van der Waals surface area contributed by atoms with Crippen molar-refractivity contribution < 1.29 is 9.90 Å². The van der Waals surface area contributed by atoms with Crippen LogP contribution in [0.25, 0.3) is 0 Å². The third kappa shape index (κ3) is 3.00. The maximum Gasteiger partial charge on any atom is 0.268 e. The summed E-state index contributed by atoms with van der Waals surface area (Å²) in [5.74, 6) is 0.415. The number of hydrogen-bond acceptors (Lipinski definition) is 2. The first-order valence-corrected chi connectivity index (χ1v) is 7.18. The normalized spacial score (nSPS) is 24.1. The van der Waals surface area contributed by atoms with Crippen LogP contribution >= 0.6 is 0 Å². The topological polar surface area (TPSA) is 54.3 Å². The van der Waals surface area contributed by atoms with E-state index in [4.69, 9.17) is 0 Å². The minimum absolute atomic E-state index is 0.00746. The van der Waals surface area contributed by atoms with Crippen LogP contribution in [0.3, 0.4) is 0 Å². The quantitative estimate of drug-likeness (QED) is 0.857. The molecule has 2 rings (SSSR count). The summed E-state index contributed by atoms with van der Waals surface area (Å²) in [4.78, 5) is 12.3. The lowest BCUT2D eigenvalue weighted by Gasteiger charge is -2.37. The second-order valence-electron chi connectivity index (χ2n) is 5.77. The highest BCUT2D eigenvalue weighted by atomic mass is 16.3. The van der Waals surface area contributed by atoms with Crippen molar-refractivity contribution in [3.8, 4) is 0 Å². The summed E-state index contributed by atoms with van der Waals surface area (Å²) in [6.45, 7) is 6.21. The van der Waals surface area contributed by atoms with Crippen LogP contribution < -0.4 is 5.32 Å².